The number of carbonyl (C=O) groups excluding carboxylic acids is 1. The molecule has 5 heteroatoms. The molecule has 116 valence electrons. The zero-order valence-electron chi connectivity index (χ0n) is 12.7. The van der Waals surface area contributed by atoms with Crippen LogP contribution in [0.3, 0.4) is 0 Å². The summed E-state index contributed by atoms with van der Waals surface area (Å²) in [7, 11) is 0. The fourth-order valence-electron chi connectivity index (χ4n) is 2.44. The average Bonchev–Trinajstić information content (AvgIpc) is 2.41. The number of aliphatic hydroxyl groups excluding tert-OH is 1. The zero-order chi connectivity index (χ0) is 16.3. The lowest BCUT2D eigenvalue weighted by molar-refractivity contribution is -0.117. The van der Waals surface area contributed by atoms with Gasteiger partial charge >= 0.3 is 5.97 Å². The topological polar surface area (TPSA) is 87.0 Å². The molecule has 1 aliphatic rings. The Hall–Kier alpha value is -2.43. The quantitative estimate of drug-likeness (QED) is 0.836. The number of aliphatic imine (C=N–C) groups is 1. The first-order valence-electron chi connectivity index (χ1n) is 7.06. The minimum atomic E-state index is -0.972. The monoisotopic (exact) mass is 301 g/mol. The van der Waals surface area contributed by atoms with E-state index in [1.807, 2.05) is 13.8 Å². The molecule has 1 aromatic rings. The van der Waals surface area contributed by atoms with E-state index in [1.54, 1.807) is 12.1 Å². The SMILES string of the molecule is CC1(C)CC(=O)C(C=NCc2ccc(C(=O)O)cc2)=C(O)C1. The molecule has 0 bridgehead atoms. The van der Waals surface area contributed by atoms with E-state index >= 15 is 0 Å². The number of carboxylic acids is 1. The number of hydrogen-bond acceptors (Lipinski definition) is 4. The number of ketones is 1. The van der Waals surface area contributed by atoms with E-state index < -0.39 is 5.97 Å². The summed E-state index contributed by atoms with van der Waals surface area (Å²) in [6, 6.07) is 6.39. The van der Waals surface area contributed by atoms with Gasteiger partial charge in [-0.15, -0.1) is 0 Å². The second kappa shape index (κ2) is 6.13. The number of carbonyl (C=O) groups is 2. The molecule has 0 fully saturated rings. The van der Waals surface area contributed by atoms with Crippen LogP contribution in [-0.2, 0) is 11.3 Å². The summed E-state index contributed by atoms with van der Waals surface area (Å²) < 4.78 is 0. The van der Waals surface area contributed by atoms with Crippen molar-refractivity contribution < 1.29 is 19.8 Å². The molecule has 0 aliphatic heterocycles. The molecule has 0 atom stereocenters. The summed E-state index contributed by atoms with van der Waals surface area (Å²) in [4.78, 5) is 26.9. The van der Waals surface area contributed by atoms with Crippen molar-refractivity contribution in [1.29, 1.82) is 0 Å². The van der Waals surface area contributed by atoms with Crippen molar-refractivity contribution in [1.82, 2.24) is 0 Å². The first-order chi connectivity index (χ1) is 10.3. The summed E-state index contributed by atoms with van der Waals surface area (Å²) in [5, 5.41) is 18.8. The molecule has 0 heterocycles. The van der Waals surface area contributed by atoms with E-state index in [1.165, 1.54) is 18.3 Å². The second-order valence-corrected chi connectivity index (χ2v) is 6.27. The normalized spacial score (nSPS) is 18.0. The number of rotatable bonds is 4. The zero-order valence-corrected chi connectivity index (χ0v) is 12.7. The Kier molecular flexibility index (Phi) is 4.45. The number of aromatic carboxylic acids is 1. The van der Waals surface area contributed by atoms with Gasteiger partial charge < -0.3 is 10.2 Å². The highest BCUT2D eigenvalue weighted by molar-refractivity contribution is 6.14. The minimum absolute atomic E-state index is 0.0891. The number of Topliss-reactive ketones (excluding diaryl/α,β-unsaturated/α-hetero) is 1. The van der Waals surface area contributed by atoms with E-state index in [2.05, 4.69) is 4.99 Å². The Bertz CT molecular complexity index is 654. The van der Waals surface area contributed by atoms with Crippen LogP contribution in [0.15, 0.2) is 40.6 Å². The van der Waals surface area contributed by atoms with Gasteiger partial charge in [-0.1, -0.05) is 26.0 Å². The summed E-state index contributed by atoms with van der Waals surface area (Å²) in [5.74, 6) is -0.981. The van der Waals surface area contributed by atoms with Crippen molar-refractivity contribution in [3.63, 3.8) is 0 Å². The van der Waals surface area contributed by atoms with E-state index in [-0.39, 0.29) is 28.1 Å². The van der Waals surface area contributed by atoms with Crippen LogP contribution in [0.1, 0.15) is 42.6 Å². The molecule has 0 unspecified atom stereocenters. The van der Waals surface area contributed by atoms with Crippen molar-refractivity contribution in [2.24, 2.45) is 10.4 Å². The number of carboxylic acid groups (broad SMARTS) is 1. The summed E-state index contributed by atoms with van der Waals surface area (Å²) in [6.07, 6.45) is 2.27. The molecule has 5 nitrogen and oxygen atoms in total. The predicted molar refractivity (Wildman–Crippen MR) is 83.3 cm³/mol. The van der Waals surface area contributed by atoms with Gasteiger partial charge in [0, 0.05) is 19.1 Å². The maximum absolute atomic E-state index is 12.0. The van der Waals surface area contributed by atoms with Gasteiger partial charge in [-0.05, 0) is 23.1 Å². The third kappa shape index (κ3) is 3.81. The first kappa shape index (κ1) is 15.9. The van der Waals surface area contributed by atoms with Crippen molar-refractivity contribution in [3.05, 3.63) is 46.7 Å². The fourth-order valence-corrected chi connectivity index (χ4v) is 2.44. The molecular weight excluding hydrogens is 282 g/mol. The number of nitrogens with zero attached hydrogens (tertiary/aromatic N) is 1. The van der Waals surface area contributed by atoms with Crippen molar-refractivity contribution in [2.45, 2.75) is 33.2 Å². The fraction of sp³-hybridized carbons (Fsp3) is 0.353. The molecule has 1 aliphatic carbocycles. The molecule has 0 radical (unpaired) electrons. The van der Waals surface area contributed by atoms with Gasteiger partial charge in [-0.25, -0.2) is 4.79 Å². The Morgan fingerprint density at radius 1 is 1.27 bits per heavy atom. The van der Waals surface area contributed by atoms with Crippen LogP contribution in [0.2, 0.25) is 0 Å². The molecular formula is C17H19NO4. The maximum Gasteiger partial charge on any atom is 0.335 e. The molecule has 2 N–H and O–H groups in total. The summed E-state index contributed by atoms with van der Waals surface area (Å²) in [5.41, 5.74) is 1.12. The predicted octanol–water partition coefficient (Wildman–Crippen LogP) is 3.16. The van der Waals surface area contributed by atoms with Gasteiger partial charge in [0.2, 0.25) is 0 Å². The van der Waals surface area contributed by atoms with Crippen molar-refractivity contribution in [3.8, 4) is 0 Å². The van der Waals surface area contributed by atoms with E-state index in [4.69, 9.17) is 5.11 Å². The van der Waals surface area contributed by atoms with Gasteiger partial charge in [-0.2, -0.15) is 0 Å². The third-order valence-corrected chi connectivity index (χ3v) is 3.59. The lowest BCUT2D eigenvalue weighted by atomic mass is 9.77. The smallest absolute Gasteiger partial charge is 0.335 e. The largest absolute Gasteiger partial charge is 0.511 e. The lowest BCUT2D eigenvalue weighted by Crippen LogP contribution is -2.26. The molecule has 1 aromatic carbocycles. The van der Waals surface area contributed by atoms with E-state index in [9.17, 15) is 14.7 Å². The standard InChI is InChI=1S/C17H19NO4/c1-17(2)7-14(19)13(15(20)8-17)10-18-9-11-3-5-12(6-4-11)16(21)22/h3-6,10,19H,7-9H2,1-2H3,(H,21,22). The molecule has 0 aromatic heterocycles. The van der Waals surface area contributed by atoms with Crippen molar-refractivity contribution in [2.75, 3.05) is 0 Å². The lowest BCUT2D eigenvalue weighted by Gasteiger charge is -2.28. The Labute approximate surface area is 129 Å². The number of allylic oxidation sites excluding steroid dienone is 2. The first-order valence-corrected chi connectivity index (χ1v) is 7.06. The summed E-state index contributed by atoms with van der Waals surface area (Å²) >= 11 is 0. The second-order valence-electron chi connectivity index (χ2n) is 6.27. The third-order valence-electron chi connectivity index (χ3n) is 3.59. The van der Waals surface area contributed by atoms with Gasteiger partial charge in [0.05, 0.1) is 17.7 Å². The van der Waals surface area contributed by atoms with E-state index in [0.717, 1.165) is 5.56 Å². The van der Waals surface area contributed by atoms with Gasteiger partial charge in [0.15, 0.2) is 5.78 Å². The summed E-state index contributed by atoms with van der Waals surface area (Å²) in [6.45, 7) is 4.21. The van der Waals surface area contributed by atoms with Crippen molar-refractivity contribution >= 4 is 18.0 Å². The van der Waals surface area contributed by atoms with Crippen LogP contribution in [0.25, 0.3) is 0 Å². The molecule has 22 heavy (non-hydrogen) atoms. The molecule has 2 rings (SSSR count). The average molecular weight is 301 g/mol. The molecule has 0 spiro atoms. The molecule has 0 amide bonds. The van der Waals surface area contributed by atoms with Gasteiger partial charge in [0.1, 0.15) is 5.76 Å². The van der Waals surface area contributed by atoms with Gasteiger partial charge in [0.25, 0.3) is 0 Å². The highest BCUT2D eigenvalue weighted by Gasteiger charge is 2.32. The van der Waals surface area contributed by atoms with E-state index in [0.29, 0.717) is 19.4 Å². The Morgan fingerprint density at radius 3 is 2.45 bits per heavy atom. The Balaban J connectivity index is 2.06. The van der Waals surface area contributed by atoms with Crippen LogP contribution in [0.4, 0.5) is 0 Å². The highest BCUT2D eigenvalue weighted by Crippen LogP contribution is 2.35. The van der Waals surface area contributed by atoms with Crippen LogP contribution in [0, 0.1) is 5.41 Å². The molecule has 0 saturated carbocycles. The number of benzene rings is 1. The maximum atomic E-state index is 12.0. The highest BCUT2D eigenvalue weighted by atomic mass is 16.4. The molecule has 0 saturated heterocycles. The minimum Gasteiger partial charge on any atom is -0.511 e. The Morgan fingerprint density at radius 2 is 1.91 bits per heavy atom. The van der Waals surface area contributed by atoms with Crippen LogP contribution in [-0.4, -0.2) is 28.2 Å². The van der Waals surface area contributed by atoms with Crippen LogP contribution < -0.4 is 0 Å². The van der Waals surface area contributed by atoms with Crippen LogP contribution >= 0.6 is 0 Å². The van der Waals surface area contributed by atoms with Crippen LogP contribution in [0.5, 0.6) is 0 Å². The number of aliphatic hydroxyl groups is 1. The number of hydrogen-bond donors (Lipinski definition) is 2. The van der Waals surface area contributed by atoms with Gasteiger partial charge in [-0.3, -0.25) is 9.79 Å².